The molecular formula is C24H31N5O2. The van der Waals surface area contributed by atoms with Crippen molar-refractivity contribution in [1.82, 2.24) is 24.8 Å². The normalized spacial score (nSPS) is 34.3. The lowest BCUT2D eigenvalue weighted by Crippen LogP contribution is -2.55. The van der Waals surface area contributed by atoms with E-state index >= 15 is 0 Å². The van der Waals surface area contributed by atoms with Crippen LogP contribution >= 0.6 is 0 Å². The fourth-order valence-electron chi connectivity index (χ4n) is 7.40. The highest BCUT2D eigenvalue weighted by molar-refractivity contribution is 5.88. The van der Waals surface area contributed by atoms with E-state index in [0.29, 0.717) is 6.54 Å². The Morgan fingerprint density at radius 1 is 1.06 bits per heavy atom. The van der Waals surface area contributed by atoms with E-state index in [1.165, 1.54) is 19.3 Å². The molecule has 4 aliphatic carbocycles. The fourth-order valence-corrected chi connectivity index (χ4v) is 7.40. The van der Waals surface area contributed by atoms with Gasteiger partial charge in [-0.05, 0) is 81.3 Å². The van der Waals surface area contributed by atoms with E-state index in [-0.39, 0.29) is 29.7 Å². The first kappa shape index (κ1) is 19.3. The molecule has 3 heterocycles. The average Bonchev–Trinajstić information content (AvgIpc) is 3.20. The number of carbonyl (C=O) groups is 2. The summed E-state index contributed by atoms with van der Waals surface area (Å²) in [6.45, 7) is 1.51. The average molecular weight is 422 g/mol. The lowest BCUT2D eigenvalue weighted by Gasteiger charge is -2.55. The maximum atomic E-state index is 13.2. The van der Waals surface area contributed by atoms with Gasteiger partial charge < -0.3 is 10.2 Å². The Hall–Kier alpha value is -2.44. The zero-order chi connectivity index (χ0) is 21.0. The second-order valence-electron chi connectivity index (χ2n) is 10.5. The van der Waals surface area contributed by atoms with Crippen LogP contribution in [0, 0.1) is 23.2 Å². The third-order valence-corrected chi connectivity index (χ3v) is 8.40. The highest BCUT2D eigenvalue weighted by atomic mass is 16.2. The lowest BCUT2D eigenvalue weighted by atomic mass is 9.49. The van der Waals surface area contributed by atoms with Crippen LogP contribution in [0.15, 0.2) is 24.4 Å². The van der Waals surface area contributed by atoms with E-state index in [1.54, 1.807) is 0 Å². The van der Waals surface area contributed by atoms with Gasteiger partial charge in [-0.15, -0.1) is 10.2 Å². The van der Waals surface area contributed by atoms with Crippen molar-refractivity contribution in [3.8, 4) is 0 Å². The number of carbonyl (C=O) groups excluding carboxylic acids is 2. The van der Waals surface area contributed by atoms with Gasteiger partial charge in [0, 0.05) is 30.6 Å². The Labute approximate surface area is 182 Å². The zero-order valence-electron chi connectivity index (χ0n) is 18.0. The maximum absolute atomic E-state index is 13.2. The molecule has 7 nitrogen and oxygen atoms in total. The molecule has 5 aliphatic rings. The van der Waals surface area contributed by atoms with Crippen molar-refractivity contribution < 1.29 is 9.59 Å². The van der Waals surface area contributed by atoms with E-state index in [1.807, 2.05) is 33.7 Å². The minimum atomic E-state index is -0.195. The van der Waals surface area contributed by atoms with E-state index in [9.17, 15) is 9.59 Å². The number of aromatic nitrogens is 3. The van der Waals surface area contributed by atoms with Gasteiger partial charge in [0.15, 0.2) is 5.65 Å². The fraction of sp³-hybridized carbons (Fsp3) is 0.667. The summed E-state index contributed by atoms with van der Waals surface area (Å²) in [6, 6.07) is 5.88. The topological polar surface area (TPSA) is 79.6 Å². The number of amides is 2. The molecule has 4 bridgehead atoms. The highest BCUT2D eigenvalue weighted by Gasteiger charge is 2.54. The quantitative estimate of drug-likeness (QED) is 0.823. The predicted molar refractivity (Wildman–Crippen MR) is 115 cm³/mol. The lowest BCUT2D eigenvalue weighted by molar-refractivity contribution is -0.148. The van der Waals surface area contributed by atoms with Crippen LogP contribution < -0.4 is 5.32 Å². The molecule has 1 saturated heterocycles. The molecule has 2 aromatic rings. The summed E-state index contributed by atoms with van der Waals surface area (Å²) in [5.74, 6) is 3.45. The Kier molecular flexibility index (Phi) is 4.54. The van der Waals surface area contributed by atoms with Crippen molar-refractivity contribution in [1.29, 1.82) is 0 Å². The van der Waals surface area contributed by atoms with Gasteiger partial charge in [-0.25, -0.2) is 0 Å². The number of piperidine rings is 1. The Morgan fingerprint density at radius 3 is 2.55 bits per heavy atom. The van der Waals surface area contributed by atoms with Crippen LogP contribution in [0.3, 0.4) is 0 Å². The SMILES string of the molecule is O=C(CNC(=O)C12CC3CC(CC(C3)C1)C2)N1CCC[C@@H](c2nnc3ccccn23)C1. The summed E-state index contributed by atoms with van der Waals surface area (Å²) in [5, 5.41) is 11.7. The van der Waals surface area contributed by atoms with Gasteiger partial charge in [-0.2, -0.15) is 0 Å². The van der Waals surface area contributed by atoms with Crippen LogP contribution in [-0.4, -0.2) is 50.9 Å². The molecule has 1 N–H and O–H groups in total. The van der Waals surface area contributed by atoms with E-state index in [2.05, 4.69) is 15.5 Å². The first-order chi connectivity index (χ1) is 15.1. The molecule has 164 valence electrons. The maximum Gasteiger partial charge on any atom is 0.241 e. The van der Waals surface area contributed by atoms with Gasteiger partial charge >= 0.3 is 0 Å². The van der Waals surface area contributed by atoms with Crippen LogP contribution in [0.25, 0.3) is 5.65 Å². The minimum Gasteiger partial charge on any atom is -0.347 e. The van der Waals surface area contributed by atoms with Gasteiger partial charge in [0.05, 0.1) is 6.54 Å². The van der Waals surface area contributed by atoms with Crippen LogP contribution in [0.2, 0.25) is 0 Å². The van der Waals surface area contributed by atoms with Crippen LogP contribution in [0.5, 0.6) is 0 Å². The molecule has 5 fully saturated rings. The van der Waals surface area contributed by atoms with Gasteiger partial charge in [-0.1, -0.05) is 6.07 Å². The van der Waals surface area contributed by atoms with Crippen LogP contribution in [0.1, 0.15) is 63.1 Å². The number of pyridine rings is 1. The van der Waals surface area contributed by atoms with Crippen molar-refractivity contribution in [3.63, 3.8) is 0 Å². The number of nitrogens with one attached hydrogen (secondary N) is 1. The third kappa shape index (κ3) is 3.33. The molecule has 0 unspecified atom stereocenters. The predicted octanol–water partition coefficient (Wildman–Crippen LogP) is 2.77. The minimum absolute atomic E-state index is 0.0246. The van der Waals surface area contributed by atoms with Gasteiger partial charge in [-0.3, -0.25) is 14.0 Å². The number of hydrogen-bond donors (Lipinski definition) is 1. The van der Waals surface area contributed by atoms with E-state index in [4.69, 9.17) is 0 Å². The molecule has 0 radical (unpaired) electrons. The molecule has 7 rings (SSSR count). The monoisotopic (exact) mass is 421 g/mol. The molecule has 4 saturated carbocycles. The van der Waals surface area contributed by atoms with Crippen molar-refractivity contribution in [2.45, 2.75) is 57.3 Å². The molecule has 0 aromatic carbocycles. The molecule has 1 atom stereocenters. The molecule has 2 amide bonds. The van der Waals surface area contributed by atoms with Crippen molar-refractivity contribution in [2.75, 3.05) is 19.6 Å². The van der Waals surface area contributed by atoms with E-state index in [0.717, 1.165) is 67.9 Å². The Bertz CT molecular complexity index is 979. The summed E-state index contributed by atoms with van der Waals surface area (Å²) in [7, 11) is 0. The standard InChI is InChI=1S/C24H31N5O2/c30-21(14-25-23(31)24-11-16-8-17(12-24)10-18(9-16)13-24)28-6-3-4-19(15-28)22-27-26-20-5-1-2-7-29(20)22/h1-2,5,7,16-19H,3-4,6,8-15H2,(H,25,31)/t16?,17?,18?,19-,24?/m1/s1. The largest absolute Gasteiger partial charge is 0.347 e. The second-order valence-corrected chi connectivity index (χ2v) is 10.5. The van der Waals surface area contributed by atoms with Gasteiger partial charge in [0.2, 0.25) is 11.8 Å². The Balaban J connectivity index is 1.09. The second kappa shape index (κ2) is 7.31. The summed E-state index contributed by atoms with van der Waals surface area (Å²) in [4.78, 5) is 28.1. The summed E-state index contributed by atoms with van der Waals surface area (Å²) >= 11 is 0. The number of rotatable bonds is 4. The molecule has 0 spiro atoms. The van der Waals surface area contributed by atoms with Gasteiger partial charge in [0.1, 0.15) is 5.82 Å². The Morgan fingerprint density at radius 2 is 1.81 bits per heavy atom. The molecular weight excluding hydrogens is 390 g/mol. The van der Waals surface area contributed by atoms with E-state index < -0.39 is 0 Å². The summed E-state index contributed by atoms with van der Waals surface area (Å²) in [5.41, 5.74) is 0.642. The van der Waals surface area contributed by atoms with Gasteiger partial charge in [0.25, 0.3) is 0 Å². The number of likely N-dealkylation sites (tertiary alicyclic amines) is 1. The molecule has 7 heteroatoms. The summed E-state index contributed by atoms with van der Waals surface area (Å²) in [6.07, 6.45) is 11.0. The number of nitrogens with zero attached hydrogens (tertiary/aromatic N) is 4. The third-order valence-electron chi connectivity index (χ3n) is 8.40. The van der Waals surface area contributed by atoms with Crippen molar-refractivity contribution in [3.05, 3.63) is 30.2 Å². The number of fused-ring (bicyclic) bond motifs is 1. The molecule has 31 heavy (non-hydrogen) atoms. The molecule has 2 aromatic heterocycles. The number of hydrogen-bond acceptors (Lipinski definition) is 4. The van der Waals surface area contributed by atoms with Crippen molar-refractivity contribution >= 4 is 17.5 Å². The van der Waals surface area contributed by atoms with Crippen LogP contribution in [-0.2, 0) is 9.59 Å². The molecule has 1 aliphatic heterocycles. The van der Waals surface area contributed by atoms with Crippen LogP contribution in [0.4, 0.5) is 0 Å². The van der Waals surface area contributed by atoms with Crippen molar-refractivity contribution in [2.24, 2.45) is 23.2 Å². The first-order valence-electron chi connectivity index (χ1n) is 12.0. The smallest absolute Gasteiger partial charge is 0.241 e. The zero-order valence-corrected chi connectivity index (χ0v) is 18.0. The summed E-state index contributed by atoms with van der Waals surface area (Å²) < 4.78 is 2.02. The first-order valence-corrected chi connectivity index (χ1v) is 12.0. The highest BCUT2D eigenvalue weighted by Crippen LogP contribution is 2.60.